The normalized spacial score (nSPS) is 14.4. The predicted octanol–water partition coefficient (Wildman–Crippen LogP) is 4.51. The van der Waals surface area contributed by atoms with Crippen LogP contribution in [0.3, 0.4) is 0 Å². The minimum Gasteiger partial charge on any atom is -0.473 e. The van der Waals surface area contributed by atoms with Crippen molar-refractivity contribution in [3.8, 4) is 5.88 Å². The zero-order valence-electron chi connectivity index (χ0n) is 15.0. The second kappa shape index (κ2) is 7.20. The van der Waals surface area contributed by atoms with E-state index in [-0.39, 0.29) is 6.10 Å². The summed E-state index contributed by atoms with van der Waals surface area (Å²) in [6, 6.07) is 2.03. The van der Waals surface area contributed by atoms with Gasteiger partial charge in [-0.15, -0.1) is 0 Å². The highest BCUT2D eigenvalue weighted by Crippen LogP contribution is 2.42. The van der Waals surface area contributed by atoms with Crippen LogP contribution in [0.25, 0.3) is 0 Å². The highest BCUT2D eigenvalue weighted by atomic mass is 16.5. The van der Waals surface area contributed by atoms with E-state index >= 15 is 0 Å². The number of rotatable bonds is 8. The summed E-state index contributed by atoms with van der Waals surface area (Å²) in [7, 11) is 0. The van der Waals surface area contributed by atoms with Gasteiger partial charge in [0.1, 0.15) is 0 Å². The molecule has 1 fully saturated rings. The lowest BCUT2D eigenvalue weighted by Crippen LogP contribution is -2.15. The fraction of sp³-hybridized carbons (Fsp3) is 0.611. The van der Waals surface area contributed by atoms with Gasteiger partial charge in [0.25, 0.3) is 0 Å². The minimum atomic E-state index is 0.178. The van der Waals surface area contributed by atoms with Crippen LogP contribution in [0.5, 0.6) is 5.88 Å². The van der Waals surface area contributed by atoms with Crippen molar-refractivity contribution in [1.82, 2.24) is 20.2 Å². The van der Waals surface area contributed by atoms with Crippen LogP contribution < -0.4 is 10.1 Å². The third kappa shape index (κ3) is 3.86. The van der Waals surface area contributed by atoms with Gasteiger partial charge >= 0.3 is 0 Å². The Morgan fingerprint density at radius 1 is 1.29 bits per heavy atom. The van der Waals surface area contributed by atoms with Crippen molar-refractivity contribution in [3.63, 3.8) is 0 Å². The molecule has 0 aromatic carbocycles. The lowest BCUT2D eigenvalue weighted by molar-refractivity contribution is 0.184. The number of H-pyrrole nitrogens is 1. The molecule has 0 atom stereocenters. The van der Waals surface area contributed by atoms with Gasteiger partial charge in [0, 0.05) is 17.7 Å². The number of hydrogen-bond acceptors (Lipinski definition) is 5. The maximum Gasteiger partial charge on any atom is 0.234 e. The Hall–Kier alpha value is -2.11. The molecule has 0 amide bonds. The maximum atomic E-state index is 5.95. The molecule has 2 aromatic heterocycles. The van der Waals surface area contributed by atoms with Crippen LogP contribution in [0.15, 0.2) is 12.3 Å². The van der Waals surface area contributed by atoms with Crippen LogP contribution >= 0.6 is 0 Å². The Balaban J connectivity index is 1.82. The highest BCUT2D eigenvalue weighted by Gasteiger charge is 2.29. The summed E-state index contributed by atoms with van der Waals surface area (Å²) in [5.41, 5.74) is 2.11. The molecule has 2 N–H and O–H groups in total. The van der Waals surface area contributed by atoms with E-state index < -0.39 is 0 Å². The molecule has 2 aromatic rings. The summed E-state index contributed by atoms with van der Waals surface area (Å²) in [6.07, 6.45) is 6.20. The Kier molecular flexibility index (Phi) is 5.02. The molecule has 24 heavy (non-hydrogen) atoms. The van der Waals surface area contributed by atoms with E-state index in [1.807, 2.05) is 6.07 Å². The molecule has 6 heteroatoms. The monoisotopic (exact) mass is 329 g/mol. The minimum absolute atomic E-state index is 0.178. The second-order valence-electron chi connectivity index (χ2n) is 6.76. The van der Waals surface area contributed by atoms with Crippen LogP contribution in [0.4, 0.5) is 11.6 Å². The predicted molar refractivity (Wildman–Crippen MR) is 95.0 cm³/mol. The van der Waals surface area contributed by atoms with Gasteiger partial charge in [-0.05, 0) is 31.6 Å². The van der Waals surface area contributed by atoms with Gasteiger partial charge in [0.2, 0.25) is 5.88 Å². The first-order chi connectivity index (χ1) is 11.6. The summed E-state index contributed by atoms with van der Waals surface area (Å²) in [5.74, 6) is 3.03. The van der Waals surface area contributed by atoms with Crippen molar-refractivity contribution in [2.24, 2.45) is 0 Å². The summed E-state index contributed by atoms with van der Waals surface area (Å²) in [6.45, 7) is 8.51. The van der Waals surface area contributed by atoms with E-state index in [0.29, 0.717) is 17.7 Å². The lowest BCUT2D eigenvalue weighted by atomic mass is 10.1. The van der Waals surface area contributed by atoms with Crippen LogP contribution in [0.2, 0.25) is 0 Å². The number of ether oxygens (including phenoxy) is 1. The fourth-order valence-electron chi connectivity index (χ4n) is 2.63. The van der Waals surface area contributed by atoms with Crippen molar-refractivity contribution in [2.75, 3.05) is 5.32 Å². The van der Waals surface area contributed by atoms with Gasteiger partial charge < -0.3 is 10.1 Å². The van der Waals surface area contributed by atoms with E-state index in [1.165, 1.54) is 12.8 Å². The number of nitrogens with zero attached hydrogens (tertiary/aromatic N) is 3. The summed E-state index contributed by atoms with van der Waals surface area (Å²) < 4.78 is 5.95. The third-order valence-corrected chi connectivity index (χ3v) is 4.41. The quantitative estimate of drug-likeness (QED) is 0.745. The second-order valence-corrected chi connectivity index (χ2v) is 6.76. The van der Waals surface area contributed by atoms with Crippen LogP contribution in [-0.4, -0.2) is 26.3 Å². The Labute approximate surface area is 143 Å². The van der Waals surface area contributed by atoms with Crippen LogP contribution in [0, 0.1) is 0 Å². The largest absolute Gasteiger partial charge is 0.473 e. The smallest absolute Gasteiger partial charge is 0.234 e. The number of hydrogen-bond donors (Lipinski definition) is 2. The van der Waals surface area contributed by atoms with E-state index in [0.717, 1.165) is 35.9 Å². The van der Waals surface area contributed by atoms with Gasteiger partial charge in [-0.3, -0.25) is 10.1 Å². The Morgan fingerprint density at radius 2 is 2.04 bits per heavy atom. The molecular weight excluding hydrogens is 302 g/mol. The summed E-state index contributed by atoms with van der Waals surface area (Å²) >= 11 is 0. The van der Waals surface area contributed by atoms with Gasteiger partial charge in [-0.1, -0.05) is 27.7 Å². The first-order valence-corrected chi connectivity index (χ1v) is 8.96. The van der Waals surface area contributed by atoms with Gasteiger partial charge in [0.05, 0.1) is 18.0 Å². The van der Waals surface area contributed by atoms with Crippen LogP contribution in [0.1, 0.15) is 76.6 Å². The van der Waals surface area contributed by atoms with E-state index in [2.05, 4.69) is 53.2 Å². The number of anilines is 2. The summed E-state index contributed by atoms with van der Waals surface area (Å²) in [4.78, 5) is 9.28. The molecule has 130 valence electrons. The standard InChI is InChI=1S/C18H27N5O/c1-5-13(6-2)24-16-10-19-17(12-7-8-12)18(21-16)20-15-9-14(11(3)4)22-23-15/h9-13H,5-8H2,1-4H3,(H2,20,21,22,23). The molecule has 0 bridgehead atoms. The molecule has 0 spiro atoms. The molecule has 1 aliphatic carbocycles. The molecule has 1 saturated carbocycles. The van der Waals surface area contributed by atoms with Crippen molar-refractivity contribution in [2.45, 2.75) is 71.3 Å². The van der Waals surface area contributed by atoms with E-state index in [1.54, 1.807) is 6.20 Å². The van der Waals surface area contributed by atoms with Gasteiger partial charge in [0.15, 0.2) is 11.6 Å². The molecule has 2 heterocycles. The SMILES string of the molecule is CCC(CC)Oc1cnc(C2CC2)c(Nc2cc(C(C)C)[nH]n2)n1. The number of nitrogens with one attached hydrogen (secondary N) is 2. The fourth-order valence-corrected chi connectivity index (χ4v) is 2.63. The molecule has 0 radical (unpaired) electrons. The van der Waals surface area contributed by atoms with E-state index in [9.17, 15) is 0 Å². The molecule has 6 nitrogen and oxygen atoms in total. The average Bonchev–Trinajstić information content (AvgIpc) is 3.31. The molecule has 0 saturated heterocycles. The zero-order chi connectivity index (χ0) is 17.1. The number of aromatic amines is 1. The zero-order valence-corrected chi connectivity index (χ0v) is 15.0. The van der Waals surface area contributed by atoms with Gasteiger partial charge in [-0.2, -0.15) is 10.1 Å². The molecule has 3 rings (SSSR count). The topological polar surface area (TPSA) is 75.7 Å². The highest BCUT2D eigenvalue weighted by molar-refractivity contribution is 5.56. The average molecular weight is 329 g/mol. The molecule has 1 aliphatic rings. The maximum absolute atomic E-state index is 5.95. The Morgan fingerprint density at radius 3 is 2.62 bits per heavy atom. The van der Waals surface area contributed by atoms with Crippen molar-refractivity contribution in [1.29, 1.82) is 0 Å². The summed E-state index contributed by atoms with van der Waals surface area (Å²) in [5, 5.41) is 10.7. The van der Waals surface area contributed by atoms with E-state index in [4.69, 9.17) is 4.74 Å². The van der Waals surface area contributed by atoms with Gasteiger partial charge in [-0.25, -0.2) is 0 Å². The Bertz CT molecular complexity index is 674. The van der Waals surface area contributed by atoms with Crippen LogP contribution in [-0.2, 0) is 0 Å². The lowest BCUT2D eigenvalue weighted by Gasteiger charge is -2.16. The molecular formula is C18H27N5O. The first kappa shape index (κ1) is 16.7. The first-order valence-electron chi connectivity index (χ1n) is 8.96. The number of aromatic nitrogens is 4. The van der Waals surface area contributed by atoms with Crippen molar-refractivity contribution >= 4 is 11.6 Å². The molecule has 0 unspecified atom stereocenters. The molecule has 0 aliphatic heterocycles. The van der Waals surface area contributed by atoms with Crippen molar-refractivity contribution < 1.29 is 4.74 Å². The third-order valence-electron chi connectivity index (χ3n) is 4.41. The van der Waals surface area contributed by atoms with Crippen molar-refractivity contribution in [3.05, 3.63) is 23.7 Å².